The number of rotatable bonds is 2. The number of hydrogen-bond acceptors (Lipinski definition) is 2. The minimum atomic E-state index is 0.512. The van der Waals surface area contributed by atoms with Crippen LogP contribution in [0.3, 0.4) is 0 Å². The first-order chi connectivity index (χ1) is 6.75. The van der Waals surface area contributed by atoms with E-state index >= 15 is 0 Å². The second kappa shape index (κ2) is 3.07. The summed E-state index contributed by atoms with van der Waals surface area (Å²) in [7, 11) is 0. The molecule has 0 spiro atoms. The molecule has 14 heavy (non-hydrogen) atoms. The van der Waals surface area contributed by atoms with Crippen LogP contribution in [0.5, 0.6) is 0 Å². The molecule has 2 nitrogen and oxygen atoms in total. The lowest BCUT2D eigenvalue weighted by molar-refractivity contribution is 0.901. The lowest BCUT2D eigenvalue weighted by Crippen LogP contribution is -1.98. The molecular formula is C10H10Cl2N2. The van der Waals surface area contributed by atoms with Gasteiger partial charge in [0.1, 0.15) is 16.1 Å². The Morgan fingerprint density at radius 2 is 1.36 bits per heavy atom. The fourth-order valence-corrected chi connectivity index (χ4v) is 2.37. The summed E-state index contributed by atoms with van der Waals surface area (Å²) in [5, 5.41) is 1.16. The second-order valence-electron chi connectivity index (χ2n) is 4.13. The van der Waals surface area contributed by atoms with Gasteiger partial charge in [-0.25, -0.2) is 9.97 Å². The minimum absolute atomic E-state index is 0.512. The maximum absolute atomic E-state index is 6.11. The van der Waals surface area contributed by atoms with Crippen molar-refractivity contribution in [2.75, 3.05) is 0 Å². The van der Waals surface area contributed by atoms with Crippen molar-refractivity contribution in [3.63, 3.8) is 0 Å². The summed E-state index contributed by atoms with van der Waals surface area (Å²) in [5.74, 6) is 1.87. The average molecular weight is 229 g/mol. The largest absolute Gasteiger partial charge is 0.221 e. The SMILES string of the molecule is Clc1nc(C2CC2)nc(Cl)c1C1CC1. The Kier molecular flexibility index (Phi) is 1.96. The molecule has 0 saturated heterocycles. The Morgan fingerprint density at radius 1 is 0.857 bits per heavy atom. The van der Waals surface area contributed by atoms with Crippen molar-refractivity contribution in [2.24, 2.45) is 0 Å². The molecule has 0 aromatic carbocycles. The zero-order valence-corrected chi connectivity index (χ0v) is 9.15. The van der Waals surface area contributed by atoms with Crippen molar-refractivity contribution in [2.45, 2.75) is 37.5 Å². The standard InChI is InChI=1S/C10H10Cl2N2/c11-8-7(5-1-2-5)9(12)14-10(13-8)6-3-4-6/h5-6H,1-4H2. The molecule has 0 aliphatic heterocycles. The molecule has 0 amide bonds. The molecule has 4 heteroatoms. The van der Waals surface area contributed by atoms with Crippen molar-refractivity contribution in [1.82, 2.24) is 9.97 Å². The normalized spacial score (nSPS) is 21.3. The fraction of sp³-hybridized carbons (Fsp3) is 0.600. The van der Waals surface area contributed by atoms with Gasteiger partial charge >= 0.3 is 0 Å². The summed E-state index contributed by atoms with van der Waals surface area (Å²) in [4.78, 5) is 8.65. The third kappa shape index (κ3) is 1.51. The van der Waals surface area contributed by atoms with Crippen LogP contribution in [0.2, 0.25) is 10.3 Å². The highest BCUT2D eigenvalue weighted by atomic mass is 35.5. The van der Waals surface area contributed by atoms with Gasteiger partial charge in [-0.1, -0.05) is 23.2 Å². The van der Waals surface area contributed by atoms with E-state index in [1.807, 2.05) is 0 Å². The molecule has 0 N–H and O–H groups in total. The molecule has 3 rings (SSSR count). The Morgan fingerprint density at radius 3 is 1.79 bits per heavy atom. The van der Waals surface area contributed by atoms with E-state index < -0.39 is 0 Å². The molecule has 74 valence electrons. The van der Waals surface area contributed by atoms with Crippen LogP contribution in [-0.2, 0) is 0 Å². The number of hydrogen-bond donors (Lipinski definition) is 0. The van der Waals surface area contributed by atoms with Gasteiger partial charge in [-0.05, 0) is 31.6 Å². The van der Waals surface area contributed by atoms with Crippen LogP contribution < -0.4 is 0 Å². The Bertz CT molecular complexity index is 361. The monoisotopic (exact) mass is 228 g/mol. The zero-order valence-electron chi connectivity index (χ0n) is 7.63. The molecule has 1 aromatic heterocycles. The second-order valence-corrected chi connectivity index (χ2v) is 4.84. The van der Waals surface area contributed by atoms with Crippen molar-refractivity contribution >= 4 is 23.2 Å². The molecule has 2 saturated carbocycles. The molecule has 1 heterocycles. The molecule has 2 aliphatic carbocycles. The smallest absolute Gasteiger partial charge is 0.137 e. The van der Waals surface area contributed by atoms with Crippen molar-refractivity contribution in [3.05, 3.63) is 21.7 Å². The van der Waals surface area contributed by atoms with Crippen molar-refractivity contribution < 1.29 is 0 Å². The highest BCUT2D eigenvalue weighted by molar-refractivity contribution is 6.34. The van der Waals surface area contributed by atoms with E-state index in [9.17, 15) is 0 Å². The quantitative estimate of drug-likeness (QED) is 0.725. The topological polar surface area (TPSA) is 25.8 Å². The highest BCUT2D eigenvalue weighted by Crippen LogP contribution is 2.47. The minimum Gasteiger partial charge on any atom is -0.221 e. The molecule has 0 unspecified atom stereocenters. The third-order valence-corrected chi connectivity index (χ3v) is 3.37. The van der Waals surface area contributed by atoms with E-state index in [1.165, 1.54) is 25.7 Å². The van der Waals surface area contributed by atoms with Crippen molar-refractivity contribution in [3.8, 4) is 0 Å². The van der Waals surface area contributed by atoms with E-state index in [0.717, 1.165) is 11.4 Å². The average Bonchev–Trinajstić information content (AvgIpc) is 2.99. The van der Waals surface area contributed by atoms with Gasteiger partial charge < -0.3 is 0 Å². The highest BCUT2D eigenvalue weighted by Gasteiger charge is 2.33. The van der Waals surface area contributed by atoms with Gasteiger partial charge in [0.15, 0.2) is 0 Å². The van der Waals surface area contributed by atoms with E-state index in [4.69, 9.17) is 23.2 Å². The molecular weight excluding hydrogens is 219 g/mol. The number of aromatic nitrogens is 2. The summed E-state index contributed by atoms with van der Waals surface area (Å²) in [6.45, 7) is 0. The lowest BCUT2D eigenvalue weighted by Gasteiger charge is -2.05. The van der Waals surface area contributed by atoms with Crippen LogP contribution in [0, 0.1) is 0 Å². The molecule has 1 aromatic rings. The van der Waals surface area contributed by atoms with Crippen molar-refractivity contribution in [1.29, 1.82) is 0 Å². The number of nitrogens with zero attached hydrogens (tertiary/aromatic N) is 2. The first-order valence-corrected chi connectivity index (χ1v) is 5.74. The fourth-order valence-electron chi connectivity index (χ4n) is 1.66. The van der Waals surface area contributed by atoms with Crippen LogP contribution in [0.4, 0.5) is 0 Å². The van der Waals surface area contributed by atoms with Gasteiger partial charge in [0.25, 0.3) is 0 Å². The summed E-state index contributed by atoms with van der Waals surface area (Å²) in [6.07, 6.45) is 4.70. The first kappa shape index (κ1) is 8.93. The van der Waals surface area contributed by atoms with E-state index in [-0.39, 0.29) is 0 Å². The van der Waals surface area contributed by atoms with Gasteiger partial charge in [-0.2, -0.15) is 0 Å². The van der Waals surface area contributed by atoms with Gasteiger partial charge in [-0.3, -0.25) is 0 Å². The third-order valence-electron chi connectivity index (χ3n) is 2.80. The summed E-state index contributed by atoms with van der Waals surface area (Å²) in [6, 6.07) is 0. The predicted octanol–water partition coefficient (Wildman–Crippen LogP) is 3.54. The Balaban J connectivity index is 2.04. The van der Waals surface area contributed by atoms with Crippen LogP contribution in [0.15, 0.2) is 0 Å². The van der Waals surface area contributed by atoms with Gasteiger partial charge in [0, 0.05) is 11.5 Å². The Hall–Kier alpha value is -0.340. The predicted molar refractivity (Wildman–Crippen MR) is 56.0 cm³/mol. The molecule has 0 atom stereocenters. The van der Waals surface area contributed by atoms with Crippen LogP contribution >= 0.6 is 23.2 Å². The number of halogens is 2. The maximum Gasteiger partial charge on any atom is 0.137 e. The van der Waals surface area contributed by atoms with Gasteiger partial charge in [-0.15, -0.1) is 0 Å². The van der Waals surface area contributed by atoms with E-state index in [0.29, 0.717) is 22.1 Å². The van der Waals surface area contributed by atoms with Crippen LogP contribution in [-0.4, -0.2) is 9.97 Å². The Labute approximate surface area is 92.7 Å². The molecule has 2 aliphatic rings. The van der Waals surface area contributed by atoms with Crippen LogP contribution in [0.1, 0.15) is 48.9 Å². The zero-order chi connectivity index (χ0) is 9.71. The molecule has 2 fully saturated rings. The van der Waals surface area contributed by atoms with Gasteiger partial charge in [0.2, 0.25) is 0 Å². The lowest BCUT2D eigenvalue weighted by atomic mass is 10.2. The van der Waals surface area contributed by atoms with Gasteiger partial charge in [0.05, 0.1) is 0 Å². The summed E-state index contributed by atoms with van der Waals surface area (Å²) >= 11 is 12.2. The van der Waals surface area contributed by atoms with Crippen LogP contribution in [0.25, 0.3) is 0 Å². The summed E-state index contributed by atoms with van der Waals surface area (Å²) < 4.78 is 0. The van der Waals surface area contributed by atoms with E-state index in [1.54, 1.807) is 0 Å². The first-order valence-electron chi connectivity index (χ1n) is 4.98. The molecule has 0 bridgehead atoms. The maximum atomic E-state index is 6.11. The molecule has 0 radical (unpaired) electrons. The van der Waals surface area contributed by atoms with E-state index in [2.05, 4.69) is 9.97 Å². The summed E-state index contributed by atoms with van der Waals surface area (Å²) in [5.41, 5.74) is 0.970.